The predicted molar refractivity (Wildman–Crippen MR) is 98.5 cm³/mol. The molecule has 0 radical (unpaired) electrons. The molecule has 0 spiro atoms. The van der Waals surface area contributed by atoms with E-state index in [1.54, 1.807) is 0 Å². The molecule has 0 saturated heterocycles. The predicted octanol–water partition coefficient (Wildman–Crippen LogP) is 5.53. The molecule has 4 aromatic rings. The van der Waals surface area contributed by atoms with Gasteiger partial charge in [0.1, 0.15) is 0 Å². The van der Waals surface area contributed by atoms with Gasteiger partial charge in [-0.05, 0) is 48.5 Å². The van der Waals surface area contributed by atoms with Crippen molar-refractivity contribution >= 4 is 38.6 Å². The Labute approximate surface area is 142 Å². The number of hydrogen-bond donors (Lipinski definition) is 1. The van der Waals surface area contributed by atoms with Crippen LogP contribution in [-0.2, 0) is 0 Å². The van der Waals surface area contributed by atoms with Crippen molar-refractivity contribution in [3.05, 3.63) is 83.3 Å². The Hall–Kier alpha value is -2.59. The van der Waals surface area contributed by atoms with Crippen molar-refractivity contribution in [2.45, 2.75) is 0 Å². The summed E-state index contributed by atoms with van der Waals surface area (Å²) in [6.07, 6.45) is 0. The van der Waals surface area contributed by atoms with Crippen LogP contribution >= 0.6 is 15.9 Å². The second kappa shape index (κ2) is 5.89. The average Bonchev–Trinajstić information content (AvgIpc) is 2.95. The molecule has 0 amide bonds. The summed E-state index contributed by atoms with van der Waals surface area (Å²) in [4.78, 5) is 4.75. The zero-order valence-electron chi connectivity index (χ0n) is 12.3. The molecule has 23 heavy (non-hydrogen) atoms. The van der Waals surface area contributed by atoms with Gasteiger partial charge in [0.25, 0.3) is 0 Å². The molecule has 4 heteroatoms. The van der Waals surface area contributed by atoms with Gasteiger partial charge >= 0.3 is 0 Å². The summed E-state index contributed by atoms with van der Waals surface area (Å²) in [5.74, 6) is 0.805. The third kappa shape index (κ3) is 2.73. The molecule has 3 nitrogen and oxygen atoms in total. The summed E-state index contributed by atoms with van der Waals surface area (Å²) in [5.41, 5.74) is 4.13. The van der Waals surface area contributed by atoms with Crippen molar-refractivity contribution in [2.75, 3.05) is 5.32 Å². The number of benzene rings is 3. The number of imidazole rings is 1. The van der Waals surface area contributed by atoms with Crippen molar-refractivity contribution < 1.29 is 0 Å². The number of nitrogens with zero attached hydrogens (tertiary/aromatic N) is 2. The van der Waals surface area contributed by atoms with E-state index in [1.165, 1.54) is 0 Å². The van der Waals surface area contributed by atoms with Crippen molar-refractivity contribution in [2.24, 2.45) is 0 Å². The van der Waals surface area contributed by atoms with E-state index < -0.39 is 0 Å². The van der Waals surface area contributed by atoms with Gasteiger partial charge in [-0.1, -0.05) is 46.3 Å². The quantitative estimate of drug-likeness (QED) is 0.518. The van der Waals surface area contributed by atoms with Gasteiger partial charge in [-0.25, -0.2) is 4.98 Å². The van der Waals surface area contributed by atoms with Crippen LogP contribution in [0.1, 0.15) is 0 Å². The Kier molecular flexibility index (Phi) is 3.60. The maximum Gasteiger partial charge on any atom is 0.213 e. The van der Waals surface area contributed by atoms with E-state index in [0.717, 1.165) is 32.8 Å². The third-order valence-electron chi connectivity index (χ3n) is 3.68. The lowest BCUT2D eigenvalue weighted by Crippen LogP contribution is -2.01. The number of halogens is 1. The van der Waals surface area contributed by atoms with Crippen molar-refractivity contribution in [1.29, 1.82) is 0 Å². The Bertz CT molecular complexity index is 943. The van der Waals surface area contributed by atoms with Crippen LogP contribution < -0.4 is 5.32 Å². The molecule has 0 fully saturated rings. The van der Waals surface area contributed by atoms with E-state index in [1.807, 2.05) is 60.7 Å². The number of nitrogens with one attached hydrogen (secondary N) is 1. The summed E-state index contributed by atoms with van der Waals surface area (Å²) < 4.78 is 3.19. The van der Waals surface area contributed by atoms with Crippen LogP contribution in [0.25, 0.3) is 16.7 Å². The van der Waals surface area contributed by atoms with Crippen LogP contribution in [0.15, 0.2) is 83.3 Å². The Morgan fingerprint density at radius 1 is 0.783 bits per heavy atom. The highest BCUT2D eigenvalue weighted by Gasteiger charge is 2.12. The van der Waals surface area contributed by atoms with Crippen molar-refractivity contribution in [3.63, 3.8) is 0 Å². The standard InChI is InChI=1S/C19H14BrN3/c20-14-10-12-15(13-11-14)21-19-22-17-8-4-5-9-18(17)23(19)16-6-2-1-3-7-16/h1-13H,(H,21,22). The molecule has 0 aliphatic heterocycles. The summed E-state index contributed by atoms with van der Waals surface area (Å²) in [6, 6.07) is 26.5. The molecular formula is C19H14BrN3. The van der Waals surface area contributed by atoms with Crippen LogP contribution in [0, 0.1) is 0 Å². The lowest BCUT2D eigenvalue weighted by molar-refractivity contribution is 1.10. The monoisotopic (exact) mass is 363 g/mol. The van der Waals surface area contributed by atoms with Crippen molar-refractivity contribution in [1.82, 2.24) is 9.55 Å². The van der Waals surface area contributed by atoms with Crippen LogP contribution in [0.3, 0.4) is 0 Å². The fourth-order valence-corrected chi connectivity index (χ4v) is 2.87. The van der Waals surface area contributed by atoms with Crippen LogP contribution in [0.4, 0.5) is 11.6 Å². The fourth-order valence-electron chi connectivity index (χ4n) is 2.61. The second-order valence-electron chi connectivity index (χ2n) is 5.23. The maximum atomic E-state index is 4.75. The molecule has 1 N–H and O–H groups in total. The Morgan fingerprint density at radius 2 is 1.48 bits per heavy atom. The van der Waals surface area contributed by atoms with E-state index in [4.69, 9.17) is 4.98 Å². The van der Waals surface area contributed by atoms with Gasteiger partial charge in [0.2, 0.25) is 5.95 Å². The molecule has 112 valence electrons. The number of fused-ring (bicyclic) bond motifs is 1. The maximum absolute atomic E-state index is 4.75. The number of hydrogen-bond acceptors (Lipinski definition) is 2. The largest absolute Gasteiger partial charge is 0.325 e. The number of rotatable bonds is 3. The first kappa shape index (κ1) is 14.0. The van der Waals surface area contributed by atoms with Crippen LogP contribution in [0.5, 0.6) is 0 Å². The van der Waals surface area contributed by atoms with Gasteiger partial charge in [-0.15, -0.1) is 0 Å². The smallest absolute Gasteiger partial charge is 0.213 e. The summed E-state index contributed by atoms with van der Waals surface area (Å²) in [5, 5.41) is 3.42. The van der Waals surface area contributed by atoms with Crippen LogP contribution in [-0.4, -0.2) is 9.55 Å². The molecule has 1 heterocycles. The SMILES string of the molecule is Brc1ccc(Nc2nc3ccccc3n2-c2ccccc2)cc1. The van der Waals surface area contributed by atoms with Crippen molar-refractivity contribution in [3.8, 4) is 5.69 Å². The van der Waals surface area contributed by atoms with E-state index in [2.05, 4.69) is 44.0 Å². The molecule has 4 rings (SSSR count). The first-order valence-corrected chi connectivity index (χ1v) is 8.16. The van der Waals surface area contributed by atoms with Gasteiger partial charge in [-0.2, -0.15) is 0 Å². The lowest BCUT2D eigenvalue weighted by atomic mass is 10.3. The molecule has 0 atom stereocenters. The highest BCUT2D eigenvalue weighted by atomic mass is 79.9. The highest BCUT2D eigenvalue weighted by molar-refractivity contribution is 9.10. The summed E-state index contributed by atoms with van der Waals surface area (Å²) >= 11 is 3.46. The highest BCUT2D eigenvalue weighted by Crippen LogP contribution is 2.27. The second-order valence-corrected chi connectivity index (χ2v) is 6.14. The first-order chi connectivity index (χ1) is 11.3. The third-order valence-corrected chi connectivity index (χ3v) is 4.20. The molecule has 3 aromatic carbocycles. The zero-order chi connectivity index (χ0) is 15.6. The number of para-hydroxylation sites is 3. The Morgan fingerprint density at radius 3 is 2.26 bits per heavy atom. The molecule has 0 aliphatic rings. The minimum atomic E-state index is 0.805. The van der Waals surface area contributed by atoms with E-state index in [9.17, 15) is 0 Å². The molecule has 0 bridgehead atoms. The molecule has 0 aliphatic carbocycles. The summed E-state index contributed by atoms with van der Waals surface area (Å²) in [6.45, 7) is 0. The van der Waals surface area contributed by atoms with Crippen LogP contribution in [0.2, 0.25) is 0 Å². The minimum Gasteiger partial charge on any atom is -0.325 e. The van der Waals surface area contributed by atoms with Gasteiger partial charge < -0.3 is 5.32 Å². The van der Waals surface area contributed by atoms with Gasteiger partial charge in [-0.3, -0.25) is 4.57 Å². The lowest BCUT2D eigenvalue weighted by Gasteiger charge is -2.11. The summed E-state index contributed by atoms with van der Waals surface area (Å²) in [7, 11) is 0. The zero-order valence-corrected chi connectivity index (χ0v) is 13.9. The average molecular weight is 364 g/mol. The van der Waals surface area contributed by atoms with E-state index in [-0.39, 0.29) is 0 Å². The number of aromatic nitrogens is 2. The van der Waals surface area contributed by atoms with E-state index >= 15 is 0 Å². The molecule has 0 unspecified atom stereocenters. The topological polar surface area (TPSA) is 29.9 Å². The molecule has 0 saturated carbocycles. The van der Waals surface area contributed by atoms with Gasteiger partial charge in [0, 0.05) is 15.8 Å². The first-order valence-electron chi connectivity index (χ1n) is 7.37. The number of anilines is 2. The fraction of sp³-hybridized carbons (Fsp3) is 0. The van der Waals surface area contributed by atoms with Gasteiger partial charge in [0.15, 0.2) is 0 Å². The molecule has 1 aromatic heterocycles. The molecular weight excluding hydrogens is 350 g/mol. The Balaban J connectivity index is 1.87. The normalized spacial score (nSPS) is 10.8. The van der Waals surface area contributed by atoms with E-state index in [0.29, 0.717) is 0 Å². The minimum absolute atomic E-state index is 0.805. The van der Waals surface area contributed by atoms with Gasteiger partial charge in [0.05, 0.1) is 11.0 Å².